The predicted molar refractivity (Wildman–Crippen MR) is 112 cm³/mol. The number of benzene rings is 3. The fourth-order valence-corrected chi connectivity index (χ4v) is 4.14. The Morgan fingerprint density at radius 2 is 1.73 bits per heavy atom. The van der Waals surface area contributed by atoms with Gasteiger partial charge in [0.1, 0.15) is 11.4 Å². The molecule has 1 unspecified atom stereocenters. The highest BCUT2D eigenvalue weighted by Crippen LogP contribution is 2.39. The number of carbonyl (C=O) groups excluding carboxylic acids is 1. The molecular weight excluding hydrogens is 405 g/mol. The van der Waals surface area contributed by atoms with Gasteiger partial charge in [0.25, 0.3) is 5.91 Å². The summed E-state index contributed by atoms with van der Waals surface area (Å²) in [6.45, 7) is 0.191. The van der Waals surface area contributed by atoms with Crippen LogP contribution in [0.15, 0.2) is 82.0 Å². The van der Waals surface area contributed by atoms with Gasteiger partial charge in [-0.05, 0) is 47.5 Å². The Labute approximate surface area is 176 Å². The molecule has 5 rings (SSSR count). The van der Waals surface area contributed by atoms with Crippen LogP contribution in [0.2, 0.25) is 5.02 Å². The molecule has 1 aromatic heterocycles. The monoisotopic (exact) mass is 419 g/mol. The van der Waals surface area contributed by atoms with Crippen molar-refractivity contribution in [3.8, 4) is 0 Å². The normalized spacial score (nSPS) is 15.6. The number of halogens is 2. The third-order valence-electron chi connectivity index (χ3n) is 5.30. The lowest BCUT2D eigenvalue weighted by molar-refractivity contribution is 0.0714. The zero-order valence-corrected chi connectivity index (χ0v) is 16.4. The van der Waals surface area contributed by atoms with Gasteiger partial charge in [-0.15, -0.1) is 0 Å². The molecule has 0 saturated carbocycles. The SMILES string of the molecule is O=C1c2oc3ccccc3c(=O)c2C(c2cccc(Cl)c2)N1Cc1ccc(F)cc1. The number of carbonyl (C=O) groups is 1. The molecule has 3 aromatic carbocycles. The molecule has 148 valence electrons. The lowest BCUT2D eigenvalue weighted by Gasteiger charge is -2.25. The van der Waals surface area contributed by atoms with Crippen LogP contribution in [-0.2, 0) is 6.54 Å². The highest BCUT2D eigenvalue weighted by molar-refractivity contribution is 6.30. The van der Waals surface area contributed by atoms with E-state index in [1.807, 2.05) is 6.07 Å². The molecule has 0 bridgehead atoms. The van der Waals surface area contributed by atoms with E-state index in [4.69, 9.17) is 16.0 Å². The van der Waals surface area contributed by atoms with Crippen molar-refractivity contribution in [1.29, 1.82) is 0 Å². The zero-order chi connectivity index (χ0) is 20.8. The van der Waals surface area contributed by atoms with Crippen LogP contribution in [0, 0.1) is 5.82 Å². The summed E-state index contributed by atoms with van der Waals surface area (Å²) in [4.78, 5) is 28.2. The highest BCUT2D eigenvalue weighted by atomic mass is 35.5. The Kier molecular flexibility index (Phi) is 4.40. The number of amides is 1. The zero-order valence-electron chi connectivity index (χ0n) is 15.6. The second kappa shape index (κ2) is 7.11. The first-order valence-corrected chi connectivity index (χ1v) is 9.77. The van der Waals surface area contributed by atoms with Crippen LogP contribution in [0.1, 0.15) is 33.3 Å². The molecule has 4 aromatic rings. The second-order valence-electron chi connectivity index (χ2n) is 7.19. The van der Waals surface area contributed by atoms with E-state index in [0.717, 1.165) is 5.56 Å². The molecule has 0 fully saturated rings. The first-order chi connectivity index (χ1) is 14.5. The summed E-state index contributed by atoms with van der Waals surface area (Å²) >= 11 is 6.20. The molecule has 1 atom stereocenters. The predicted octanol–water partition coefficient (Wildman–Crippen LogP) is 5.33. The number of para-hydroxylation sites is 1. The topological polar surface area (TPSA) is 50.5 Å². The van der Waals surface area contributed by atoms with E-state index in [2.05, 4.69) is 0 Å². The van der Waals surface area contributed by atoms with Crippen LogP contribution in [0.25, 0.3) is 11.0 Å². The summed E-state index contributed by atoms with van der Waals surface area (Å²) in [6, 6.07) is 19.2. The molecule has 0 spiro atoms. The van der Waals surface area contributed by atoms with Crippen LogP contribution in [0.5, 0.6) is 0 Å². The number of nitrogens with zero attached hydrogens (tertiary/aromatic N) is 1. The Morgan fingerprint density at radius 3 is 2.50 bits per heavy atom. The van der Waals surface area contributed by atoms with E-state index < -0.39 is 6.04 Å². The van der Waals surface area contributed by atoms with E-state index in [-0.39, 0.29) is 29.5 Å². The van der Waals surface area contributed by atoms with E-state index in [1.165, 1.54) is 12.1 Å². The minimum absolute atomic E-state index is 0.0331. The van der Waals surface area contributed by atoms with Crippen molar-refractivity contribution in [3.63, 3.8) is 0 Å². The van der Waals surface area contributed by atoms with E-state index in [0.29, 0.717) is 27.1 Å². The Hall–Kier alpha value is -3.44. The molecule has 30 heavy (non-hydrogen) atoms. The van der Waals surface area contributed by atoms with Gasteiger partial charge in [0.15, 0.2) is 5.43 Å². The third-order valence-corrected chi connectivity index (χ3v) is 5.54. The maximum Gasteiger partial charge on any atom is 0.291 e. The van der Waals surface area contributed by atoms with E-state index in [9.17, 15) is 14.0 Å². The third kappa shape index (κ3) is 2.99. The van der Waals surface area contributed by atoms with Gasteiger partial charge in [0.2, 0.25) is 5.76 Å². The molecular formula is C24H15ClFNO3. The summed E-state index contributed by atoms with van der Waals surface area (Å²) < 4.78 is 19.2. The molecule has 1 aliphatic rings. The van der Waals surface area contributed by atoms with Crippen molar-refractivity contribution >= 4 is 28.5 Å². The van der Waals surface area contributed by atoms with Crippen molar-refractivity contribution in [2.24, 2.45) is 0 Å². The quantitative estimate of drug-likeness (QED) is 0.451. The smallest absolute Gasteiger partial charge is 0.291 e. The van der Waals surface area contributed by atoms with Crippen molar-refractivity contribution < 1.29 is 13.6 Å². The summed E-state index contributed by atoms with van der Waals surface area (Å²) in [5, 5.41) is 0.917. The first kappa shape index (κ1) is 18.6. The van der Waals surface area contributed by atoms with Crippen molar-refractivity contribution in [3.05, 3.63) is 116 Å². The molecule has 6 heteroatoms. The maximum atomic E-state index is 13.4. The Bertz CT molecular complexity index is 1350. The molecule has 2 heterocycles. The molecule has 1 aliphatic heterocycles. The molecule has 0 N–H and O–H groups in total. The molecule has 0 saturated heterocycles. The minimum atomic E-state index is -0.655. The molecule has 1 amide bonds. The van der Waals surface area contributed by atoms with Gasteiger partial charge in [0, 0.05) is 11.6 Å². The fraction of sp³-hybridized carbons (Fsp3) is 0.0833. The van der Waals surface area contributed by atoms with Gasteiger partial charge in [0.05, 0.1) is 17.0 Å². The van der Waals surface area contributed by atoms with Crippen LogP contribution in [0.3, 0.4) is 0 Å². The van der Waals surface area contributed by atoms with Crippen LogP contribution in [-0.4, -0.2) is 10.8 Å². The van der Waals surface area contributed by atoms with Gasteiger partial charge < -0.3 is 9.32 Å². The van der Waals surface area contributed by atoms with Crippen LogP contribution >= 0.6 is 11.6 Å². The van der Waals surface area contributed by atoms with Crippen molar-refractivity contribution in [2.75, 3.05) is 0 Å². The van der Waals surface area contributed by atoms with Gasteiger partial charge in [-0.1, -0.05) is 48.0 Å². The fourth-order valence-electron chi connectivity index (χ4n) is 3.94. The van der Waals surface area contributed by atoms with E-state index >= 15 is 0 Å². The van der Waals surface area contributed by atoms with Crippen LogP contribution in [0.4, 0.5) is 4.39 Å². The molecule has 0 aliphatic carbocycles. The summed E-state index contributed by atoms with van der Waals surface area (Å²) in [6.07, 6.45) is 0. The standard InChI is InChI=1S/C24H15ClFNO3/c25-16-5-3-4-15(12-16)21-20-22(28)18-6-1-2-7-19(18)30-23(20)24(29)27(21)13-14-8-10-17(26)11-9-14/h1-12,21H,13H2. The van der Waals surface area contributed by atoms with Crippen molar-refractivity contribution in [1.82, 2.24) is 4.90 Å². The lowest BCUT2D eigenvalue weighted by atomic mass is 9.98. The number of fused-ring (bicyclic) bond motifs is 2. The largest absolute Gasteiger partial charge is 0.450 e. The Morgan fingerprint density at radius 1 is 0.967 bits per heavy atom. The van der Waals surface area contributed by atoms with Gasteiger partial charge in [-0.25, -0.2) is 4.39 Å². The second-order valence-corrected chi connectivity index (χ2v) is 7.62. The molecule has 0 radical (unpaired) electrons. The minimum Gasteiger partial charge on any atom is -0.450 e. The first-order valence-electron chi connectivity index (χ1n) is 9.39. The van der Waals surface area contributed by atoms with Crippen LogP contribution < -0.4 is 5.43 Å². The number of hydrogen-bond donors (Lipinski definition) is 0. The summed E-state index contributed by atoms with van der Waals surface area (Å²) in [5.74, 6) is -0.711. The maximum absolute atomic E-state index is 13.4. The van der Waals surface area contributed by atoms with Gasteiger partial charge in [-0.2, -0.15) is 0 Å². The average molecular weight is 420 g/mol. The van der Waals surface area contributed by atoms with Gasteiger partial charge >= 0.3 is 0 Å². The lowest BCUT2D eigenvalue weighted by Crippen LogP contribution is -2.29. The number of hydrogen-bond acceptors (Lipinski definition) is 3. The van der Waals surface area contributed by atoms with Crippen molar-refractivity contribution in [2.45, 2.75) is 12.6 Å². The Balaban J connectivity index is 1.72. The van der Waals surface area contributed by atoms with Gasteiger partial charge in [-0.3, -0.25) is 9.59 Å². The number of rotatable bonds is 3. The summed E-state index contributed by atoms with van der Waals surface area (Å²) in [7, 11) is 0. The molecule has 4 nitrogen and oxygen atoms in total. The summed E-state index contributed by atoms with van der Waals surface area (Å²) in [5.41, 5.74) is 1.86. The highest BCUT2D eigenvalue weighted by Gasteiger charge is 2.42. The van der Waals surface area contributed by atoms with E-state index in [1.54, 1.807) is 59.5 Å². The average Bonchev–Trinajstić information content (AvgIpc) is 3.02.